The van der Waals surface area contributed by atoms with Gasteiger partial charge in [-0.2, -0.15) is 5.10 Å². The predicted octanol–water partition coefficient (Wildman–Crippen LogP) is 2.63. The first-order chi connectivity index (χ1) is 14.0. The standard InChI is InChI=1S/C22H34N6O/c1-6-23-22(25-14-21-16(2)26-27(4)17(21)3)24-13-18-10-11-28(15-18)19-8-7-9-20(12-19)29-5/h7-9,12,18H,6,10-11,13-15H2,1-5H3,(H2,23,24,25). The van der Waals surface area contributed by atoms with E-state index in [2.05, 4.69) is 52.7 Å². The lowest BCUT2D eigenvalue weighted by Gasteiger charge is -2.20. The average Bonchev–Trinajstić information content (AvgIpc) is 3.29. The lowest BCUT2D eigenvalue weighted by Crippen LogP contribution is -2.40. The number of nitrogens with one attached hydrogen (secondary N) is 2. The van der Waals surface area contributed by atoms with Crippen molar-refractivity contribution in [1.29, 1.82) is 0 Å². The van der Waals surface area contributed by atoms with Gasteiger partial charge >= 0.3 is 0 Å². The molecular formula is C22H34N6O. The Morgan fingerprint density at radius 1 is 1.31 bits per heavy atom. The molecule has 3 rings (SSSR count). The molecule has 1 aromatic heterocycles. The summed E-state index contributed by atoms with van der Waals surface area (Å²) < 4.78 is 7.28. The van der Waals surface area contributed by atoms with Crippen LogP contribution in [0.25, 0.3) is 0 Å². The van der Waals surface area contributed by atoms with Gasteiger partial charge in [-0.25, -0.2) is 4.99 Å². The summed E-state index contributed by atoms with van der Waals surface area (Å²) in [5.74, 6) is 2.37. The first-order valence-electron chi connectivity index (χ1n) is 10.4. The zero-order chi connectivity index (χ0) is 20.8. The van der Waals surface area contributed by atoms with Gasteiger partial charge in [0.25, 0.3) is 0 Å². The molecule has 1 saturated heterocycles. The maximum Gasteiger partial charge on any atom is 0.191 e. The number of methoxy groups -OCH3 is 1. The van der Waals surface area contributed by atoms with Crippen LogP contribution in [0.4, 0.5) is 5.69 Å². The Bertz CT molecular complexity index is 844. The molecule has 1 aliphatic rings. The molecule has 2 heterocycles. The first-order valence-corrected chi connectivity index (χ1v) is 10.4. The van der Waals surface area contributed by atoms with Crippen LogP contribution in [0, 0.1) is 19.8 Å². The molecule has 158 valence electrons. The minimum absolute atomic E-state index is 0.590. The van der Waals surface area contributed by atoms with Gasteiger partial charge in [-0.3, -0.25) is 4.68 Å². The lowest BCUT2D eigenvalue weighted by atomic mass is 10.1. The van der Waals surface area contributed by atoms with Crippen molar-refractivity contribution in [2.75, 3.05) is 38.2 Å². The van der Waals surface area contributed by atoms with Crippen molar-refractivity contribution in [3.63, 3.8) is 0 Å². The van der Waals surface area contributed by atoms with Crippen molar-refractivity contribution in [1.82, 2.24) is 20.4 Å². The van der Waals surface area contributed by atoms with E-state index in [9.17, 15) is 0 Å². The Balaban J connectivity index is 1.56. The molecule has 7 nitrogen and oxygen atoms in total. The van der Waals surface area contributed by atoms with Gasteiger partial charge in [0.05, 0.1) is 19.3 Å². The van der Waals surface area contributed by atoms with Crippen LogP contribution in [0.3, 0.4) is 0 Å². The number of aromatic nitrogens is 2. The molecule has 2 aromatic rings. The number of rotatable bonds is 7. The Morgan fingerprint density at radius 2 is 2.14 bits per heavy atom. The van der Waals surface area contributed by atoms with Crippen LogP contribution in [0.15, 0.2) is 29.3 Å². The quantitative estimate of drug-likeness (QED) is 0.554. The second-order valence-electron chi connectivity index (χ2n) is 7.65. The highest BCUT2D eigenvalue weighted by Gasteiger charge is 2.23. The fourth-order valence-corrected chi connectivity index (χ4v) is 3.83. The van der Waals surface area contributed by atoms with E-state index in [-0.39, 0.29) is 0 Å². The Morgan fingerprint density at radius 3 is 2.83 bits per heavy atom. The molecule has 0 saturated carbocycles. The molecule has 1 aliphatic heterocycles. The number of ether oxygens (including phenoxy) is 1. The van der Waals surface area contributed by atoms with Crippen molar-refractivity contribution in [2.45, 2.75) is 33.7 Å². The van der Waals surface area contributed by atoms with Gasteiger partial charge in [0.15, 0.2) is 5.96 Å². The molecule has 0 amide bonds. The number of nitrogens with zero attached hydrogens (tertiary/aromatic N) is 4. The second kappa shape index (κ2) is 9.67. The highest BCUT2D eigenvalue weighted by atomic mass is 16.5. The van der Waals surface area contributed by atoms with Gasteiger partial charge in [-0.05, 0) is 45.2 Å². The van der Waals surface area contributed by atoms with Gasteiger partial charge in [0.2, 0.25) is 0 Å². The fourth-order valence-electron chi connectivity index (χ4n) is 3.83. The average molecular weight is 399 g/mol. The van der Waals surface area contributed by atoms with Crippen molar-refractivity contribution >= 4 is 11.6 Å². The molecule has 0 aliphatic carbocycles. The summed E-state index contributed by atoms with van der Waals surface area (Å²) in [4.78, 5) is 7.22. The maximum atomic E-state index is 5.36. The van der Waals surface area contributed by atoms with Gasteiger partial charge in [-0.15, -0.1) is 0 Å². The molecule has 1 aromatic carbocycles. The topological polar surface area (TPSA) is 66.7 Å². The highest BCUT2D eigenvalue weighted by molar-refractivity contribution is 5.79. The zero-order valence-corrected chi connectivity index (χ0v) is 18.3. The van der Waals surface area contributed by atoms with Crippen LogP contribution in [-0.2, 0) is 13.6 Å². The van der Waals surface area contributed by atoms with Gasteiger partial charge in [0.1, 0.15) is 5.75 Å². The Labute approximate surface area is 174 Å². The summed E-state index contributed by atoms with van der Waals surface area (Å²) >= 11 is 0. The van der Waals surface area contributed by atoms with E-state index >= 15 is 0 Å². The summed E-state index contributed by atoms with van der Waals surface area (Å²) in [7, 11) is 3.69. The van der Waals surface area contributed by atoms with Crippen molar-refractivity contribution in [3.05, 3.63) is 41.2 Å². The van der Waals surface area contributed by atoms with E-state index in [0.29, 0.717) is 12.5 Å². The Hall–Kier alpha value is -2.70. The summed E-state index contributed by atoms with van der Waals surface area (Å²) in [5, 5.41) is 11.4. The number of aryl methyl sites for hydroxylation is 2. The van der Waals surface area contributed by atoms with Crippen LogP contribution in [0.1, 0.15) is 30.3 Å². The van der Waals surface area contributed by atoms with Crippen LogP contribution < -0.4 is 20.3 Å². The number of guanidine groups is 1. The maximum absolute atomic E-state index is 5.36. The van der Waals surface area contributed by atoms with Crippen molar-refractivity contribution in [3.8, 4) is 5.75 Å². The minimum Gasteiger partial charge on any atom is -0.497 e. The molecule has 0 bridgehead atoms. The van der Waals surface area contributed by atoms with Gasteiger partial charge < -0.3 is 20.3 Å². The summed E-state index contributed by atoms with van der Waals surface area (Å²) in [6.45, 7) is 10.7. The number of hydrogen-bond donors (Lipinski definition) is 2. The van der Waals surface area contributed by atoms with Crippen LogP contribution in [-0.4, -0.2) is 49.0 Å². The minimum atomic E-state index is 0.590. The third-order valence-corrected chi connectivity index (χ3v) is 5.66. The number of hydrogen-bond acceptors (Lipinski definition) is 4. The van der Waals surface area contributed by atoms with Crippen LogP contribution in [0.5, 0.6) is 5.75 Å². The van der Waals surface area contributed by atoms with Gasteiger partial charge in [0, 0.05) is 56.2 Å². The van der Waals surface area contributed by atoms with E-state index in [1.807, 2.05) is 24.7 Å². The number of aliphatic imine (C=N–C) groups is 1. The van der Waals surface area contributed by atoms with E-state index in [1.165, 1.54) is 23.4 Å². The Kier molecular flexibility index (Phi) is 7.01. The normalized spacial score (nSPS) is 16.9. The van der Waals surface area contributed by atoms with Crippen LogP contribution >= 0.6 is 0 Å². The van der Waals surface area contributed by atoms with E-state index in [4.69, 9.17) is 9.73 Å². The fraction of sp³-hybridized carbons (Fsp3) is 0.545. The van der Waals surface area contributed by atoms with E-state index in [0.717, 1.165) is 43.6 Å². The third-order valence-electron chi connectivity index (χ3n) is 5.66. The summed E-state index contributed by atoms with van der Waals surface area (Å²) in [5.41, 5.74) is 4.66. The first kappa shape index (κ1) is 21.0. The molecular weight excluding hydrogens is 364 g/mol. The zero-order valence-electron chi connectivity index (χ0n) is 18.3. The van der Waals surface area contributed by atoms with Crippen LogP contribution in [0.2, 0.25) is 0 Å². The molecule has 1 atom stereocenters. The molecule has 0 spiro atoms. The predicted molar refractivity (Wildman–Crippen MR) is 119 cm³/mol. The summed E-state index contributed by atoms with van der Waals surface area (Å²) in [6, 6.07) is 8.31. The summed E-state index contributed by atoms with van der Waals surface area (Å²) in [6.07, 6.45) is 1.17. The molecule has 0 radical (unpaired) electrons. The molecule has 7 heteroatoms. The molecule has 1 unspecified atom stereocenters. The van der Waals surface area contributed by atoms with E-state index < -0.39 is 0 Å². The largest absolute Gasteiger partial charge is 0.497 e. The van der Waals surface area contributed by atoms with E-state index in [1.54, 1.807) is 7.11 Å². The monoisotopic (exact) mass is 398 g/mol. The number of anilines is 1. The lowest BCUT2D eigenvalue weighted by molar-refractivity contribution is 0.415. The molecule has 29 heavy (non-hydrogen) atoms. The smallest absolute Gasteiger partial charge is 0.191 e. The molecule has 2 N–H and O–H groups in total. The van der Waals surface area contributed by atoms with Crippen molar-refractivity contribution in [2.24, 2.45) is 18.0 Å². The second-order valence-corrected chi connectivity index (χ2v) is 7.65. The SMILES string of the molecule is CCNC(=NCc1c(C)nn(C)c1C)NCC1CCN(c2cccc(OC)c2)C1. The number of benzene rings is 1. The third kappa shape index (κ3) is 5.22. The highest BCUT2D eigenvalue weighted by Crippen LogP contribution is 2.26. The van der Waals surface area contributed by atoms with Crippen molar-refractivity contribution < 1.29 is 4.74 Å². The van der Waals surface area contributed by atoms with Gasteiger partial charge in [-0.1, -0.05) is 6.07 Å². The molecule has 1 fully saturated rings.